The average Bonchev–Trinajstić information content (AvgIpc) is 2.26. The van der Waals surface area contributed by atoms with Crippen LogP contribution in [0.4, 0.5) is 0 Å². The highest BCUT2D eigenvalue weighted by molar-refractivity contribution is 5.75. The van der Waals surface area contributed by atoms with Crippen LogP contribution in [-0.2, 0) is 17.8 Å². The van der Waals surface area contributed by atoms with Crippen LogP contribution in [0.15, 0.2) is 24.3 Å². The molecule has 1 amide bonds. The molecule has 0 spiro atoms. The van der Waals surface area contributed by atoms with Gasteiger partial charge in [0, 0.05) is 27.1 Å². The largest absolute Gasteiger partial charge is 0.326 e. The monoisotopic (exact) mass is 221 g/mol. The first-order valence-electron chi connectivity index (χ1n) is 5.36. The molecule has 0 bridgehead atoms. The number of nitrogens with zero attached hydrogens (tertiary/aromatic N) is 1. The molecular formula is C12H19N3O. The molecule has 0 atom stereocenters. The minimum Gasteiger partial charge on any atom is -0.326 e. The first-order chi connectivity index (χ1) is 7.61. The maximum absolute atomic E-state index is 11.4. The zero-order valence-electron chi connectivity index (χ0n) is 9.86. The van der Waals surface area contributed by atoms with E-state index in [1.807, 2.05) is 24.3 Å². The molecule has 1 aromatic carbocycles. The normalized spacial score (nSPS) is 10.5. The fourth-order valence-corrected chi connectivity index (χ4v) is 1.48. The predicted molar refractivity (Wildman–Crippen MR) is 64.5 cm³/mol. The van der Waals surface area contributed by atoms with Crippen molar-refractivity contribution >= 4 is 5.91 Å². The Bertz CT molecular complexity index is 350. The van der Waals surface area contributed by atoms with Crippen molar-refractivity contribution in [1.29, 1.82) is 0 Å². The quantitative estimate of drug-likeness (QED) is 0.719. The molecule has 0 saturated carbocycles. The number of hydrogen-bond acceptors (Lipinski definition) is 3. The van der Waals surface area contributed by atoms with E-state index in [1.54, 1.807) is 19.1 Å². The summed E-state index contributed by atoms with van der Waals surface area (Å²) in [6, 6.07) is 8.02. The van der Waals surface area contributed by atoms with Crippen LogP contribution in [0.25, 0.3) is 0 Å². The van der Waals surface area contributed by atoms with Gasteiger partial charge in [0.2, 0.25) is 5.91 Å². The summed E-state index contributed by atoms with van der Waals surface area (Å²) in [6.45, 7) is 0.539. The van der Waals surface area contributed by atoms with Gasteiger partial charge in [0.15, 0.2) is 0 Å². The van der Waals surface area contributed by atoms with Gasteiger partial charge in [-0.2, -0.15) is 0 Å². The predicted octanol–water partition coefficient (Wildman–Crippen LogP) is 0.671. The van der Waals surface area contributed by atoms with E-state index in [4.69, 9.17) is 5.73 Å². The average molecular weight is 221 g/mol. The molecule has 0 fully saturated rings. The van der Waals surface area contributed by atoms with Crippen molar-refractivity contribution in [3.05, 3.63) is 35.4 Å². The summed E-state index contributed by atoms with van der Waals surface area (Å²) in [5, 5.41) is 1.65. The van der Waals surface area contributed by atoms with Crippen LogP contribution >= 0.6 is 0 Å². The van der Waals surface area contributed by atoms with E-state index in [0.717, 1.165) is 17.5 Å². The second kappa shape index (κ2) is 6.25. The van der Waals surface area contributed by atoms with Crippen molar-refractivity contribution in [3.8, 4) is 0 Å². The molecule has 0 unspecified atom stereocenters. The molecule has 0 heterocycles. The Hall–Kier alpha value is -1.39. The van der Waals surface area contributed by atoms with Gasteiger partial charge in [-0.15, -0.1) is 0 Å². The lowest BCUT2D eigenvalue weighted by Crippen LogP contribution is -2.36. The second-order valence-corrected chi connectivity index (χ2v) is 3.95. The molecule has 16 heavy (non-hydrogen) atoms. The SMILES string of the molecule is CN(C)NC(=O)CCc1cccc(CN)c1. The third-order valence-corrected chi connectivity index (χ3v) is 2.22. The fraction of sp³-hybridized carbons (Fsp3) is 0.417. The van der Waals surface area contributed by atoms with E-state index in [9.17, 15) is 4.79 Å². The molecule has 88 valence electrons. The van der Waals surface area contributed by atoms with Crippen molar-refractivity contribution in [2.75, 3.05) is 14.1 Å². The molecule has 0 aromatic heterocycles. The molecule has 1 aromatic rings. The number of hydrogen-bond donors (Lipinski definition) is 2. The minimum atomic E-state index is 0.0307. The Kier molecular flexibility index (Phi) is 4.95. The molecule has 3 N–H and O–H groups in total. The topological polar surface area (TPSA) is 58.4 Å². The highest BCUT2D eigenvalue weighted by atomic mass is 16.2. The van der Waals surface area contributed by atoms with Gasteiger partial charge in [0.25, 0.3) is 0 Å². The summed E-state index contributed by atoms with van der Waals surface area (Å²) < 4.78 is 0. The molecule has 0 aliphatic rings. The van der Waals surface area contributed by atoms with Crippen LogP contribution in [0.3, 0.4) is 0 Å². The number of hydrazine groups is 1. The molecule has 0 aliphatic carbocycles. The van der Waals surface area contributed by atoms with Crippen molar-refractivity contribution in [3.63, 3.8) is 0 Å². The van der Waals surface area contributed by atoms with Crippen LogP contribution in [0.1, 0.15) is 17.5 Å². The summed E-state index contributed by atoms with van der Waals surface area (Å²) in [7, 11) is 3.60. The summed E-state index contributed by atoms with van der Waals surface area (Å²) in [4.78, 5) is 11.4. The molecular weight excluding hydrogens is 202 g/mol. The highest BCUT2D eigenvalue weighted by Crippen LogP contribution is 2.07. The van der Waals surface area contributed by atoms with Gasteiger partial charge in [-0.3, -0.25) is 10.2 Å². The highest BCUT2D eigenvalue weighted by Gasteiger charge is 2.03. The summed E-state index contributed by atoms with van der Waals surface area (Å²) in [5.74, 6) is 0.0307. The summed E-state index contributed by atoms with van der Waals surface area (Å²) in [5.41, 5.74) is 10.5. The zero-order chi connectivity index (χ0) is 12.0. The molecule has 1 rings (SSSR count). The van der Waals surface area contributed by atoms with Crippen molar-refractivity contribution in [1.82, 2.24) is 10.4 Å². The van der Waals surface area contributed by atoms with Crippen LogP contribution in [0.2, 0.25) is 0 Å². The fourth-order valence-electron chi connectivity index (χ4n) is 1.48. The lowest BCUT2D eigenvalue weighted by atomic mass is 10.1. The lowest BCUT2D eigenvalue weighted by Gasteiger charge is -2.11. The Morgan fingerprint density at radius 2 is 2.06 bits per heavy atom. The first-order valence-corrected chi connectivity index (χ1v) is 5.36. The maximum atomic E-state index is 11.4. The van der Waals surface area contributed by atoms with Gasteiger partial charge in [0.05, 0.1) is 0 Å². The van der Waals surface area contributed by atoms with Gasteiger partial charge in [0.1, 0.15) is 0 Å². The Labute approximate surface area is 96.4 Å². The standard InChI is InChI=1S/C12H19N3O/c1-15(2)14-12(16)7-6-10-4-3-5-11(8-10)9-13/h3-5,8H,6-7,9,13H2,1-2H3,(H,14,16). The third kappa shape index (κ3) is 4.42. The van der Waals surface area contributed by atoms with E-state index in [1.165, 1.54) is 0 Å². The first kappa shape index (κ1) is 12.7. The van der Waals surface area contributed by atoms with Crippen molar-refractivity contribution in [2.24, 2.45) is 5.73 Å². The van der Waals surface area contributed by atoms with Crippen molar-refractivity contribution in [2.45, 2.75) is 19.4 Å². The molecule has 0 aliphatic heterocycles. The van der Waals surface area contributed by atoms with E-state index in [-0.39, 0.29) is 5.91 Å². The van der Waals surface area contributed by atoms with Gasteiger partial charge in [-0.25, -0.2) is 5.01 Å². The van der Waals surface area contributed by atoms with Crippen LogP contribution in [-0.4, -0.2) is 25.0 Å². The minimum absolute atomic E-state index is 0.0307. The Morgan fingerprint density at radius 1 is 1.38 bits per heavy atom. The van der Waals surface area contributed by atoms with Gasteiger partial charge < -0.3 is 5.73 Å². The van der Waals surface area contributed by atoms with Gasteiger partial charge >= 0.3 is 0 Å². The number of nitrogens with two attached hydrogens (primary N) is 1. The van der Waals surface area contributed by atoms with Crippen LogP contribution in [0, 0.1) is 0 Å². The number of benzene rings is 1. The van der Waals surface area contributed by atoms with E-state index in [0.29, 0.717) is 13.0 Å². The zero-order valence-corrected chi connectivity index (χ0v) is 9.86. The number of carbonyl (C=O) groups excluding carboxylic acids is 1. The number of rotatable bonds is 5. The van der Waals surface area contributed by atoms with Gasteiger partial charge in [-0.1, -0.05) is 24.3 Å². The van der Waals surface area contributed by atoms with Crippen LogP contribution in [0.5, 0.6) is 0 Å². The molecule has 0 radical (unpaired) electrons. The molecule has 4 heteroatoms. The number of carbonyl (C=O) groups is 1. The number of aryl methyl sites for hydroxylation is 1. The summed E-state index contributed by atoms with van der Waals surface area (Å²) >= 11 is 0. The van der Waals surface area contributed by atoms with E-state index in [2.05, 4.69) is 5.43 Å². The summed E-state index contributed by atoms with van der Waals surface area (Å²) in [6.07, 6.45) is 1.24. The molecule has 0 saturated heterocycles. The smallest absolute Gasteiger partial charge is 0.234 e. The maximum Gasteiger partial charge on any atom is 0.234 e. The Balaban J connectivity index is 2.45. The molecule has 4 nitrogen and oxygen atoms in total. The Morgan fingerprint density at radius 3 is 2.69 bits per heavy atom. The number of amides is 1. The van der Waals surface area contributed by atoms with Crippen LogP contribution < -0.4 is 11.2 Å². The van der Waals surface area contributed by atoms with E-state index < -0.39 is 0 Å². The van der Waals surface area contributed by atoms with Crippen molar-refractivity contribution < 1.29 is 4.79 Å². The second-order valence-electron chi connectivity index (χ2n) is 3.95. The number of nitrogens with one attached hydrogen (secondary N) is 1. The van der Waals surface area contributed by atoms with Gasteiger partial charge in [-0.05, 0) is 17.5 Å². The lowest BCUT2D eigenvalue weighted by molar-refractivity contribution is -0.124. The van der Waals surface area contributed by atoms with E-state index >= 15 is 0 Å². The third-order valence-electron chi connectivity index (χ3n) is 2.22.